The third kappa shape index (κ3) is 4.87. The number of aryl methyl sites for hydroxylation is 2. The second kappa shape index (κ2) is 9.14. The molecular weight excluding hydrogens is 367 g/mol. The van der Waals surface area contributed by atoms with Crippen molar-refractivity contribution in [3.8, 4) is 11.1 Å². The van der Waals surface area contributed by atoms with Crippen molar-refractivity contribution in [1.29, 1.82) is 0 Å². The Balaban J connectivity index is 1.59. The van der Waals surface area contributed by atoms with Crippen LogP contribution in [0.15, 0.2) is 48.8 Å². The Kier molecular flexibility index (Phi) is 6.38. The minimum atomic E-state index is -0.547. The first-order valence-electron chi connectivity index (χ1n) is 9.42. The van der Waals surface area contributed by atoms with E-state index < -0.39 is 4.92 Å². The number of nitrogen functional groups attached to an aromatic ring is 1. The Bertz CT molecular complexity index is 987. The molecule has 8 nitrogen and oxygen atoms in total. The molecule has 2 heterocycles. The molecule has 3 rings (SSSR count). The van der Waals surface area contributed by atoms with Crippen LogP contribution in [0.3, 0.4) is 0 Å². The van der Waals surface area contributed by atoms with Gasteiger partial charge in [0.2, 0.25) is 13.8 Å². The zero-order valence-corrected chi connectivity index (χ0v) is 16.3. The molecule has 1 aromatic carbocycles. The van der Waals surface area contributed by atoms with E-state index >= 15 is 0 Å². The van der Waals surface area contributed by atoms with Crippen molar-refractivity contribution < 1.29 is 4.92 Å². The van der Waals surface area contributed by atoms with Crippen LogP contribution in [0.2, 0.25) is 0 Å². The normalized spacial score (nSPS) is 10.7. The van der Waals surface area contributed by atoms with E-state index in [1.165, 1.54) is 11.6 Å². The summed E-state index contributed by atoms with van der Waals surface area (Å²) in [6.07, 6.45) is 5.88. The predicted octanol–water partition coefficient (Wildman–Crippen LogP) is 3.60. The van der Waals surface area contributed by atoms with Crippen LogP contribution in [0.25, 0.3) is 11.1 Å². The summed E-state index contributed by atoms with van der Waals surface area (Å²) in [6, 6.07) is 11.4. The van der Waals surface area contributed by atoms with Gasteiger partial charge in [0, 0.05) is 42.8 Å². The van der Waals surface area contributed by atoms with E-state index in [0.717, 1.165) is 36.2 Å². The zero-order chi connectivity index (χ0) is 20.8. The molecule has 0 saturated heterocycles. The number of rotatable bonds is 9. The third-order valence-electron chi connectivity index (χ3n) is 4.71. The lowest BCUT2D eigenvalue weighted by Crippen LogP contribution is -2.08. The molecule has 0 bridgehead atoms. The number of nitrogens with one attached hydrogen (secondary N) is 2. The van der Waals surface area contributed by atoms with Gasteiger partial charge in [-0.05, 0) is 30.0 Å². The first kappa shape index (κ1) is 20.3. The number of aromatic nitrogens is 2. The fourth-order valence-electron chi connectivity index (χ4n) is 3.10. The van der Waals surface area contributed by atoms with E-state index in [1.807, 2.05) is 6.20 Å². The van der Waals surface area contributed by atoms with Gasteiger partial charge in [0.25, 0.3) is 0 Å². The molecule has 2 aromatic heterocycles. The summed E-state index contributed by atoms with van der Waals surface area (Å²) >= 11 is 0. The highest BCUT2D eigenvalue weighted by Crippen LogP contribution is 2.29. The van der Waals surface area contributed by atoms with Gasteiger partial charge in [-0.15, -0.1) is 0 Å². The van der Waals surface area contributed by atoms with Crippen LogP contribution in [0, 0.1) is 10.1 Å². The number of nitro groups is 1. The lowest BCUT2D eigenvalue weighted by Gasteiger charge is -2.07. The highest BCUT2D eigenvalue weighted by Gasteiger charge is 2.12. The standard InChI is InChI=1S/C20H23BN6O2/c1-2-14-4-6-15(7-5-14)16-12-26(13-17(16)25-21)11-3-10-23-19-9-8-18(27(28)29)20(22)24-19/h4-9,12-13,25H,2-3,10-11H2,1H3,(H3,22,23,24). The maximum atomic E-state index is 10.8. The predicted molar refractivity (Wildman–Crippen MR) is 117 cm³/mol. The summed E-state index contributed by atoms with van der Waals surface area (Å²) in [5, 5.41) is 16.7. The van der Waals surface area contributed by atoms with Crippen molar-refractivity contribution in [3.63, 3.8) is 0 Å². The Morgan fingerprint density at radius 2 is 1.97 bits per heavy atom. The topological polar surface area (TPSA) is 111 Å². The summed E-state index contributed by atoms with van der Waals surface area (Å²) in [5.74, 6) is 0.421. The zero-order valence-electron chi connectivity index (χ0n) is 16.3. The van der Waals surface area contributed by atoms with Crippen LogP contribution >= 0.6 is 0 Å². The minimum Gasteiger partial charge on any atom is -0.436 e. The molecule has 0 unspecified atom stereocenters. The van der Waals surface area contributed by atoms with Crippen LogP contribution in [-0.4, -0.2) is 29.0 Å². The van der Waals surface area contributed by atoms with Gasteiger partial charge in [0.05, 0.1) is 4.92 Å². The van der Waals surface area contributed by atoms with E-state index in [0.29, 0.717) is 12.4 Å². The molecule has 0 saturated carbocycles. The minimum absolute atomic E-state index is 0.0946. The number of hydrogen-bond acceptors (Lipinski definition) is 6. The van der Waals surface area contributed by atoms with Gasteiger partial charge in [-0.2, -0.15) is 0 Å². The number of nitrogens with two attached hydrogens (primary N) is 1. The number of pyridine rings is 1. The fraction of sp³-hybridized carbons (Fsp3) is 0.250. The van der Waals surface area contributed by atoms with Gasteiger partial charge in [-0.1, -0.05) is 31.2 Å². The molecule has 0 fully saturated rings. The molecule has 0 spiro atoms. The molecule has 29 heavy (non-hydrogen) atoms. The van der Waals surface area contributed by atoms with Gasteiger partial charge < -0.3 is 20.8 Å². The molecule has 2 radical (unpaired) electrons. The molecule has 0 atom stereocenters. The maximum absolute atomic E-state index is 10.8. The average molecular weight is 390 g/mol. The second-order valence-corrected chi connectivity index (χ2v) is 6.66. The highest BCUT2D eigenvalue weighted by molar-refractivity contribution is 6.17. The van der Waals surface area contributed by atoms with Gasteiger partial charge in [0.1, 0.15) is 5.82 Å². The quantitative estimate of drug-likeness (QED) is 0.223. The molecule has 0 aliphatic rings. The Hall–Kier alpha value is -3.49. The van der Waals surface area contributed by atoms with E-state index in [-0.39, 0.29) is 11.5 Å². The average Bonchev–Trinajstić information content (AvgIpc) is 3.14. The number of nitrogens with zero attached hydrogens (tertiary/aromatic N) is 3. The molecule has 148 valence electrons. The number of anilines is 3. The van der Waals surface area contributed by atoms with Crippen LogP contribution in [0.1, 0.15) is 18.9 Å². The third-order valence-corrected chi connectivity index (χ3v) is 4.71. The van der Waals surface area contributed by atoms with E-state index in [9.17, 15) is 10.1 Å². The SMILES string of the molecule is [B]Nc1cn(CCCNc2ccc([N+](=O)[O-])c(N)n2)cc1-c1ccc(CC)cc1. The lowest BCUT2D eigenvalue weighted by molar-refractivity contribution is -0.384. The van der Waals surface area contributed by atoms with Gasteiger partial charge in [0.15, 0.2) is 0 Å². The Labute approximate surface area is 170 Å². The Morgan fingerprint density at radius 1 is 1.21 bits per heavy atom. The van der Waals surface area contributed by atoms with Crippen molar-refractivity contribution in [1.82, 2.24) is 9.55 Å². The number of hydrogen-bond donors (Lipinski definition) is 3. The number of benzene rings is 1. The molecular formula is C20H23BN6O2. The van der Waals surface area contributed by atoms with E-state index in [2.05, 4.69) is 57.5 Å². The van der Waals surface area contributed by atoms with Gasteiger partial charge >= 0.3 is 5.69 Å². The molecule has 9 heteroatoms. The highest BCUT2D eigenvalue weighted by atomic mass is 16.6. The summed E-state index contributed by atoms with van der Waals surface area (Å²) in [5.41, 5.74) is 9.74. The van der Waals surface area contributed by atoms with Gasteiger partial charge in [-0.25, -0.2) is 4.98 Å². The van der Waals surface area contributed by atoms with E-state index in [1.54, 1.807) is 6.07 Å². The fourth-order valence-corrected chi connectivity index (χ4v) is 3.10. The van der Waals surface area contributed by atoms with Crippen LogP contribution in [0.4, 0.5) is 23.0 Å². The Morgan fingerprint density at radius 3 is 2.59 bits per heavy atom. The smallest absolute Gasteiger partial charge is 0.311 e. The van der Waals surface area contributed by atoms with Crippen molar-refractivity contribution in [2.24, 2.45) is 0 Å². The van der Waals surface area contributed by atoms with Crippen molar-refractivity contribution in [2.75, 3.05) is 22.8 Å². The largest absolute Gasteiger partial charge is 0.436 e. The van der Waals surface area contributed by atoms with Crippen LogP contribution < -0.4 is 16.3 Å². The molecule has 3 aromatic rings. The molecule has 4 N–H and O–H groups in total. The second-order valence-electron chi connectivity index (χ2n) is 6.66. The molecule has 0 aliphatic carbocycles. The summed E-state index contributed by atoms with van der Waals surface area (Å²) in [6.45, 7) is 3.55. The molecule has 0 amide bonds. The van der Waals surface area contributed by atoms with Crippen molar-refractivity contribution in [3.05, 3.63) is 64.5 Å². The monoisotopic (exact) mass is 390 g/mol. The van der Waals surface area contributed by atoms with E-state index in [4.69, 9.17) is 13.7 Å². The van der Waals surface area contributed by atoms with Crippen LogP contribution in [-0.2, 0) is 13.0 Å². The molecule has 0 aliphatic heterocycles. The lowest BCUT2D eigenvalue weighted by atomic mass is 10.0. The first-order valence-corrected chi connectivity index (χ1v) is 9.42. The first-order chi connectivity index (χ1) is 14.0. The summed E-state index contributed by atoms with van der Waals surface area (Å²) in [4.78, 5) is 14.3. The van der Waals surface area contributed by atoms with Crippen molar-refractivity contribution in [2.45, 2.75) is 26.3 Å². The van der Waals surface area contributed by atoms with Gasteiger partial charge in [-0.3, -0.25) is 10.1 Å². The van der Waals surface area contributed by atoms with Crippen LogP contribution in [0.5, 0.6) is 0 Å². The summed E-state index contributed by atoms with van der Waals surface area (Å²) < 4.78 is 2.08. The summed E-state index contributed by atoms with van der Waals surface area (Å²) in [7, 11) is 5.69. The van der Waals surface area contributed by atoms with Crippen molar-refractivity contribution >= 4 is 31.0 Å². The maximum Gasteiger partial charge on any atom is 0.311 e.